The first-order chi connectivity index (χ1) is 6.18. The highest BCUT2D eigenvalue weighted by atomic mass is 16.5. The summed E-state index contributed by atoms with van der Waals surface area (Å²) in [5, 5.41) is 6.08. The van der Waals surface area contributed by atoms with Crippen molar-refractivity contribution < 1.29 is 9.32 Å². The van der Waals surface area contributed by atoms with Crippen LogP contribution in [0.15, 0.2) is 17.0 Å². The van der Waals surface area contributed by atoms with E-state index in [-0.39, 0.29) is 11.9 Å². The molecule has 0 aliphatic heterocycles. The van der Waals surface area contributed by atoms with Gasteiger partial charge >= 0.3 is 0 Å². The van der Waals surface area contributed by atoms with E-state index >= 15 is 0 Å². The third-order valence-electron chi connectivity index (χ3n) is 1.54. The standard InChI is InChI=1S/C8H13N3O2/c1-6(9)2-3-8(12)11-7-4-10-13-5-7/h4-6H,2-3,9H2,1H3,(H,11,12). The molecule has 0 aliphatic carbocycles. The van der Waals surface area contributed by atoms with E-state index in [0.29, 0.717) is 18.5 Å². The van der Waals surface area contributed by atoms with Crippen LogP contribution in [0.2, 0.25) is 0 Å². The lowest BCUT2D eigenvalue weighted by molar-refractivity contribution is -0.116. The predicted octanol–water partition coefficient (Wildman–Crippen LogP) is 0.740. The van der Waals surface area contributed by atoms with Gasteiger partial charge in [-0.05, 0) is 13.3 Å². The Bertz CT molecular complexity index is 256. The minimum Gasteiger partial charge on any atom is -0.363 e. The summed E-state index contributed by atoms with van der Waals surface area (Å²) in [6.07, 6.45) is 3.92. The molecule has 1 aromatic heterocycles. The van der Waals surface area contributed by atoms with Crippen LogP contribution >= 0.6 is 0 Å². The van der Waals surface area contributed by atoms with Gasteiger partial charge in [-0.15, -0.1) is 0 Å². The molecule has 1 atom stereocenters. The fourth-order valence-corrected chi connectivity index (χ4v) is 0.849. The third kappa shape index (κ3) is 3.71. The molecule has 0 fully saturated rings. The van der Waals surface area contributed by atoms with E-state index in [1.165, 1.54) is 12.5 Å². The Morgan fingerprint density at radius 3 is 3.15 bits per heavy atom. The SMILES string of the molecule is CC(N)CCC(=O)Nc1cnoc1. The van der Waals surface area contributed by atoms with Crippen molar-refractivity contribution in [3.05, 3.63) is 12.5 Å². The molecule has 72 valence electrons. The van der Waals surface area contributed by atoms with Crippen molar-refractivity contribution in [3.8, 4) is 0 Å². The second-order valence-electron chi connectivity index (χ2n) is 2.98. The van der Waals surface area contributed by atoms with E-state index in [9.17, 15) is 4.79 Å². The average Bonchev–Trinajstić information content (AvgIpc) is 2.53. The normalized spacial score (nSPS) is 12.5. The molecule has 1 aromatic rings. The summed E-state index contributed by atoms with van der Waals surface area (Å²) in [6.45, 7) is 1.87. The zero-order valence-electron chi connectivity index (χ0n) is 7.49. The maximum absolute atomic E-state index is 11.2. The quantitative estimate of drug-likeness (QED) is 0.721. The van der Waals surface area contributed by atoms with Crippen LogP contribution in [0.25, 0.3) is 0 Å². The molecule has 1 heterocycles. The second kappa shape index (κ2) is 4.61. The summed E-state index contributed by atoms with van der Waals surface area (Å²) in [7, 11) is 0. The van der Waals surface area contributed by atoms with Gasteiger partial charge in [-0.25, -0.2) is 0 Å². The molecular weight excluding hydrogens is 170 g/mol. The number of rotatable bonds is 4. The fourth-order valence-electron chi connectivity index (χ4n) is 0.849. The van der Waals surface area contributed by atoms with Gasteiger partial charge in [0, 0.05) is 12.5 Å². The van der Waals surface area contributed by atoms with Gasteiger partial charge in [-0.1, -0.05) is 5.16 Å². The monoisotopic (exact) mass is 183 g/mol. The molecule has 0 bridgehead atoms. The summed E-state index contributed by atoms with van der Waals surface area (Å²) in [6, 6.07) is 0.0493. The van der Waals surface area contributed by atoms with Crippen molar-refractivity contribution in [2.45, 2.75) is 25.8 Å². The molecule has 0 radical (unpaired) electrons. The zero-order chi connectivity index (χ0) is 9.68. The molecule has 5 heteroatoms. The number of hydrogen-bond donors (Lipinski definition) is 2. The van der Waals surface area contributed by atoms with E-state index in [4.69, 9.17) is 5.73 Å². The molecule has 0 spiro atoms. The lowest BCUT2D eigenvalue weighted by Crippen LogP contribution is -2.19. The first-order valence-electron chi connectivity index (χ1n) is 4.13. The van der Waals surface area contributed by atoms with Gasteiger partial charge in [0.2, 0.25) is 5.91 Å². The smallest absolute Gasteiger partial charge is 0.224 e. The molecule has 1 rings (SSSR count). The second-order valence-corrected chi connectivity index (χ2v) is 2.98. The highest BCUT2D eigenvalue weighted by Gasteiger charge is 2.04. The molecule has 0 aliphatic rings. The Balaban J connectivity index is 2.26. The number of hydrogen-bond acceptors (Lipinski definition) is 4. The van der Waals surface area contributed by atoms with E-state index in [0.717, 1.165) is 0 Å². The van der Waals surface area contributed by atoms with Crippen LogP contribution in [0.5, 0.6) is 0 Å². The predicted molar refractivity (Wildman–Crippen MR) is 48.0 cm³/mol. The molecule has 0 saturated carbocycles. The van der Waals surface area contributed by atoms with Crippen molar-refractivity contribution in [2.24, 2.45) is 5.73 Å². The van der Waals surface area contributed by atoms with Crippen molar-refractivity contribution >= 4 is 11.6 Å². The molecule has 0 aromatic carbocycles. The largest absolute Gasteiger partial charge is 0.363 e. The van der Waals surface area contributed by atoms with Crippen molar-refractivity contribution in [2.75, 3.05) is 5.32 Å². The number of nitrogens with zero attached hydrogens (tertiary/aromatic N) is 1. The van der Waals surface area contributed by atoms with Crippen LogP contribution in [-0.4, -0.2) is 17.1 Å². The van der Waals surface area contributed by atoms with E-state index in [1.54, 1.807) is 0 Å². The highest BCUT2D eigenvalue weighted by molar-refractivity contribution is 5.90. The van der Waals surface area contributed by atoms with Gasteiger partial charge in [0.25, 0.3) is 0 Å². The fraction of sp³-hybridized carbons (Fsp3) is 0.500. The van der Waals surface area contributed by atoms with Gasteiger partial charge in [0.1, 0.15) is 12.0 Å². The minimum atomic E-state index is -0.0690. The summed E-state index contributed by atoms with van der Waals surface area (Å²) in [5.74, 6) is -0.0690. The lowest BCUT2D eigenvalue weighted by atomic mass is 10.2. The molecule has 1 amide bonds. The Labute approximate surface area is 76.3 Å². The van der Waals surface area contributed by atoms with Crippen LogP contribution in [0.1, 0.15) is 19.8 Å². The van der Waals surface area contributed by atoms with Gasteiger partial charge in [0.05, 0.1) is 6.20 Å². The number of amides is 1. The topological polar surface area (TPSA) is 81.2 Å². The minimum absolute atomic E-state index is 0.0493. The lowest BCUT2D eigenvalue weighted by Gasteiger charge is -2.03. The Hall–Kier alpha value is -1.36. The van der Waals surface area contributed by atoms with Crippen LogP contribution in [-0.2, 0) is 4.79 Å². The number of nitrogens with two attached hydrogens (primary N) is 1. The number of nitrogens with one attached hydrogen (secondary N) is 1. The van der Waals surface area contributed by atoms with Gasteiger partial charge < -0.3 is 15.6 Å². The Kier molecular flexibility index (Phi) is 3.45. The Morgan fingerprint density at radius 1 is 1.85 bits per heavy atom. The summed E-state index contributed by atoms with van der Waals surface area (Å²) in [4.78, 5) is 11.2. The first-order valence-corrected chi connectivity index (χ1v) is 4.13. The Morgan fingerprint density at radius 2 is 2.62 bits per heavy atom. The van der Waals surface area contributed by atoms with E-state index in [2.05, 4.69) is 15.0 Å². The first kappa shape index (κ1) is 9.73. The number of carbonyl (C=O) groups excluding carboxylic acids is 1. The van der Waals surface area contributed by atoms with Gasteiger partial charge in [0.15, 0.2) is 0 Å². The van der Waals surface area contributed by atoms with Crippen LogP contribution in [0, 0.1) is 0 Å². The van der Waals surface area contributed by atoms with E-state index < -0.39 is 0 Å². The van der Waals surface area contributed by atoms with Crippen molar-refractivity contribution in [1.82, 2.24) is 5.16 Å². The van der Waals surface area contributed by atoms with Gasteiger partial charge in [-0.3, -0.25) is 4.79 Å². The molecule has 0 saturated heterocycles. The highest BCUT2D eigenvalue weighted by Crippen LogP contribution is 2.05. The van der Waals surface area contributed by atoms with Crippen LogP contribution < -0.4 is 11.1 Å². The van der Waals surface area contributed by atoms with Crippen molar-refractivity contribution in [3.63, 3.8) is 0 Å². The average molecular weight is 183 g/mol. The summed E-state index contributed by atoms with van der Waals surface area (Å²) >= 11 is 0. The maximum atomic E-state index is 11.2. The molecule has 3 N–H and O–H groups in total. The third-order valence-corrected chi connectivity index (χ3v) is 1.54. The molecule has 5 nitrogen and oxygen atoms in total. The number of aromatic nitrogens is 1. The van der Waals surface area contributed by atoms with Crippen molar-refractivity contribution in [1.29, 1.82) is 0 Å². The van der Waals surface area contributed by atoms with E-state index in [1.807, 2.05) is 6.92 Å². The molecule has 13 heavy (non-hydrogen) atoms. The van der Waals surface area contributed by atoms with Gasteiger partial charge in [-0.2, -0.15) is 0 Å². The zero-order valence-corrected chi connectivity index (χ0v) is 7.49. The summed E-state index contributed by atoms with van der Waals surface area (Å²) < 4.78 is 4.55. The molecule has 1 unspecified atom stereocenters. The maximum Gasteiger partial charge on any atom is 0.224 e. The van der Waals surface area contributed by atoms with Crippen LogP contribution in [0.4, 0.5) is 5.69 Å². The summed E-state index contributed by atoms with van der Waals surface area (Å²) in [5.41, 5.74) is 6.08. The number of carbonyl (C=O) groups is 1. The van der Waals surface area contributed by atoms with Crippen LogP contribution in [0.3, 0.4) is 0 Å². The number of anilines is 1. The molecular formula is C8H13N3O2.